The summed E-state index contributed by atoms with van der Waals surface area (Å²) in [4.78, 5) is 12.2. The Hall–Kier alpha value is -2.16. The van der Waals surface area contributed by atoms with Crippen LogP contribution >= 0.6 is 0 Å². The fraction of sp³-hybridized carbons (Fsp3) is 0.480. The number of carbonyl (C=O) groups excluding carboxylic acids is 1. The molecule has 0 bridgehead atoms. The molecule has 1 aromatic carbocycles. The Morgan fingerprint density at radius 1 is 1.36 bits per heavy atom. The second-order valence-corrected chi connectivity index (χ2v) is 8.34. The maximum absolute atomic E-state index is 15.2. The fourth-order valence-electron chi connectivity index (χ4n) is 4.06. The molecule has 1 aliphatic carbocycles. The number of rotatable bonds is 7. The molecule has 0 radical (unpaired) electrons. The van der Waals surface area contributed by atoms with E-state index in [9.17, 15) is 4.79 Å². The maximum atomic E-state index is 15.2. The highest BCUT2D eigenvalue weighted by Gasteiger charge is 2.32. The van der Waals surface area contributed by atoms with Crippen LogP contribution in [0.15, 0.2) is 47.6 Å². The van der Waals surface area contributed by atoms with Crippen LogP contribution in [0.2, 0.25) is 0 Å². The molecule has 2 rings (SSSR count). The number of carbonyl (C=O) groups is 1. The van der Waals surface area contributed by atoms with Gasteiger partial charge in [0.15, 0.2) is 0 Å². The van der Waals surface area contributed by atoms with E-state index in [4.69, 9.17) is 4.74 Å². The van der Waals surface area contributed by atoms with Crippen LogP contribution in [0.1, 0.15) is 82.6 Å². The summed E-state index contributed by atoms with van der Waals surface area (Å²) < 4.78 is 20.4. The summed E-state index contributed by atoms with van der Waals surface area (Å²) in [5.74, 6) is -0.874. The van der Waals surface area contributed by atoms with Crippen molar-refractivity contribution < 1.29 is 13.9 Å². The van der Waals surface area contributed by atoms with Gasteiger partial charge in [-0.25, -0.2) is 9.18 Å². The molecule has 0 amide bonds. The lowest BCUT2D eigenvalue weighted by Gasteiger charge is -2.37. The molecule has 2 nitrogen and oxygen atoms in total. The molecular formula is C25H33FO2. The molecule has 0 saturated heterocycles. The van der Waals surface area contributed by atoms with E-state index in [0.717, 1.165) is 43.3 Å². The second-order valence-electron chi connectivity index (χ2n) is 8.34. The zero-order valence-corrected chi connectivity index (χ0v) is 18.0. The Labute approximate surface area is 169 Å². The number of ether oxygens (including phenoxy) is 1. The fourth-order valence-corrected chi connectivity index (χ4v) is 4.06. The molecule has 28 heavy (non-hydrogen) atoms. The molecule has 0 saturated carbocycles. The second kappa shape index (κ2) is 9.36. The molecule has 152 valence electrons. The highest BCUT2D eigenvalue weighted by atomic mass is 19.1. The third-order valence-electron chi connectivity index (χ3n) is 5.61. The van der Waals surface area contributed by atoms with Crippen LogP contribution in [0.25, 0.3) is 5.57 Å². The van der Waals surface area contributed by atoms with Crippen molar-refractivity contribution in [1.29, 1.82) is 0 Å². The monoisotopic (exact) mass is 384 g/mol. The van der Waals surface area contributed by atoms with Crippen LogP contribution in [0.3, 0.4) is 0 Å². The summed E-state index contributed by atoms with van der Waals surface area (Å²) >= 11 is 0. The molecule has 3 heteroatoms. The van der Waals surface area contributed by atoms with E-state index in [1.54, 1.807) is 18.2 Å². The molecule has 0 N–H and O–H groups in total. The standard InChI is InChI=1S/C25H33FO2/c1-7-9-15-28-24(27)19-12-13-20(21(26)16-19)22(17(3)8-2)23-18(4)11-10-14-25(23,5)6/h8,12-13,16H,2,7,9-11,14-15H2,1,3-6H3. The minimum absolute atomic E-state index is 0.0356. The van der Waals surface area contributed by atoms with E-state index in [2.05, 4.69) is 27.4 Å². The van der Waals surface area contributed by atoms with Gasteiger partial charge in [-0.3, -0.25) is 0 Å². The number of esters is 1. The lowest BCUT2D eigenvalue weighted by atomic mass is 9.68. The van der Waals surface area contributed by atoms with Crippen molar-refractivity contribution in [1.82, 2.24) is 0 Å². The molecule has 0 aliphatic heterocycles. The summed E-state index contributed by atoms with van der Waals surface area (Å²) in [6.45, 7) is 14.9. The van der Waals surface area contributed by atoms with Crippen LogP contribution in [-0.2, 0) is 4.74 Å². The van der Waals surface area contributed by atoms with Gasteiger partial charge in [0.2, 0.25) is 0 Å². The van der Waals surface area contributed by atoms with Gasteiger partial charge < -0.3 is 4.74 Å². The summed E-state index contributed by atoms with van der Waals surface area (Å²) in [7, 11) is 0. The van der Waals surface area contributed by atoms with Crippen LogP contribution in [0, 0.1) is 11.2 Å². The highest BCUT2D eigenvalue weighted by molar-refractivity contribution is 5.91. The first-order valence-corrected chi connectivity index (χ1v) is 10.2. The molecule has 0 spiro atoms. The van der Waals surface area contributed by atoms with Gasteiger partial charge in [-0.1, -0.05) is 51.5 Å². The number of benzene rings is 1. The Morgan fingerprint density at radius 3 is 2.64 bits per heavy atom. The van der Waals surface area contributed by atoms with Crippen molar-refractivity contribution in [2.24, 2.45) is 5.41 Å². The topological polar surface area (TPSA) is 26.3 Å². The van der Waals surface area contributed by atoms with Crippen LogP contribution in [0.4, 0.5) is 4.39 Å². The average molecular weight is 385 g/mol. The summed E-state index contributed by atoms with van der Waals surface area (Å²) in [6, 6.07) is 4.67. The van der Waals surface area contributed by atoms with Crippen LogP contribution in [-0.4, -0.2) is 12.6 Å². The van der Waals surface area contributed by atoms with Gasteiger partial charge in [-0.2, -0.15) is 0 Å². The first kappa shape index (κ1) is 22.1. The van der Waals surface area contributed by atoms with Gasteiger partial charge in [-0.15, -0.1) is 0 Å². The third-order valence-corrected chi connectivity index (χ3v) is 5.61. The predicted octanol–water partition coefficient (Wildman–Crippen LogP) is 7.27. The van der Waals surface area contributed by atoms with Gasteiger partial charge >= 0.3 is 5.97 Å². The van der Waals surface area contributed by atoms with E-state index in [0.29, 0.717) is 12.2 Å². The predicted molar refractivity (Wildman–Crippen MR) is 115 cm³/mol. The van der Waals surface area contributed by atoms with Crippen molar-refractivity contribution >= 4 is 11.5 Å². The minimum atomic E-state index is -0.474. The van der Waals surface area contributed by atoms with Crippen molar-refractivity contribution in [2.75, 3.05) is 6.61 Å². The molecule has 0 aromatic heterocycles. The van der Waals surface area contributed by atoms with Crippen molar-refractivity contribution in [2.45, 2.75) is 66.7 Å². The lowest BCUT2D eigenvalue weighted by Crippen LogP contribution is -2.22. The molecule has 0 heterocycles. The van der Waals surface area contributed by atoms with E-state index in [1.165, 1.54) is 17.2 Å². The zero-order valence-electron chi connectivity index (χ0n) is 18.0. The van der Waals surface area contributed by atoms with Crippen molar-refractivity contribution in [3.63, 3.8) is 0 Å². The smallest absolute Gasteiger partial charge is 0.338 e. The molecule has 0 unspecified atom stereocenters. The normalized spacial score (nSPS) is 17.2. The number of unbranched alkanes of at least 4 members (excludes halogenated alkanes) is 1. The van der Waals surface area contributed by atoms with Gasteiger partial charge in [0.25, 0.3) is 0 Å². The number of hydrogen-bond donors (Lipinski definition) is 0. The molecule has 1 aliphatic rings. The number of allylic oxidation sites excluding steroid dienone is 5. The van der Waals surface area contributed by atoms with Crippen LogP contribution < -0.4 is 0 Å². The Kier molecular flexibility index (Phi) is 7.40. The van der Waals surface area contributed by atoms with Gasteiger partial charge in [0, 0.05) is 5.56 Å². The van der Waals surface area contributed by atoms with E-state index in [1.807, 2.05) is 13.8 Å². The highest BCUT2D eigenvalue weighted by Crippen LogP contribution is 2.48. The maximum Gasteiger partial charge on any atom is 0.338 e. The lowest BCUT2D eigenvalue weighted by molar-refractivity contribution is 0.0499. The van der Waals surface area contributed by atoms with Crippen molar-refractivity contribution in [3.05, 3.63) is 64.5 Å². The first-order chi connectivity index (χ1) is 13.2. The van der Waals surface area contributed by atoms with Crippen molar-refractivity contribution in [3.8, 4) is 0 Å². The minimum Gasteiger partial charge on any atom is -0.462 e. The summed E-state index contributed by atoms with van der Waals surface area (Å²) in [5.41, 5.74) is 5.09. The Bertz CT molecular complexity index is 812. The number of hydrogen-bond acceptors (Lipinski definition) is 2. The third kappa shape index (κ3) is 4.81. The molecular weight excluding hydrogens is 351 g/mol. The van der Waals surface area contributed by atoms with Gasteiger partial charge in [-0.05, 0) is 73.8 Å². The zero-order chi connectivity index (χ0) is 20.9. The SMILES string of the molecule is C=CC(C)=C(C1=C(C)CCCC1(C)C)c1ccc(C(=O)OCCCC)cc1F. The molecule has 1 aromatic rings. The summed E-state index contributed by atoms with van der Waals surface area (Å²) in [6.07, 6.45) is 6.77. The Balaban J connectivity index is 2.50. The number of halogens is 1. The Morgan fingerprint density at radius 2 is 2.07 bits per heavy atom. The van der Waals surface area contributed by atoms with E-state index < -0.39 is 11.8 Å². The van der Waals surface area contributed by atoms with E-state index in [-0.39, 0.29) is 11.0 Å². The summed E-state index contributed by atoms with van der Waals surface area (Å²) in [5, 5.41) is 0. The van der Waals surface area contributed by atoms with E-state index >= 15 is 4.39 Å². The van der Waals surface area contributed by atoms with Gasteiger partial charge in [0.1, 0.15) is 5.82 Å². The van der Waals surface area contributed by atoms with Gasteiger partial charge in [0.05, 0.1) is 12.2 Å². The quantitative estimate of drug-likeness (QED) is 0.281. The van der Waals surface area contributed by atoms with Crippen LogP contribution in [0.5, 0.6) is 0 Å². The molecule has 0 fully saturated rings. The molecule has 0 atom stereocenters. The first-order valence-electron chi connectivity index (χ1n) is 10.2. The largest absolute Gasteiger partial charge is 0.462 e. The average Bonchev–Trinajstić information content (AvgIpc) is 2.64.